The molecule has 0 aromatic heterocycles. The zero-order valence-corrected chi connectivity index (χ0v) is 5.50. The van der Waals surface area contributed by atoms with Gasteiger partial charge in [0.2, 0.25) is 0 Å². The standard InChI is InChI=1S/C5H9NS/c1-4(6-3)5(2)7/h7H,3H2,1-2H3/b5-4-. The van der Waals surface area contributed by atoms with Gasteiger partial charge in [0, 0.05) is 5.70 Å². The number of nitrogens with zero attached hydrogens (tertiary/aromatic N) is 1. The van der Waals surface area contributed by atoms with Crippen LogP contribution in [-0.4, -0.2) is 6.72 Å². The van der Waals surface area contributed by atoms with E-state index in [0.29, 0.717) is 0 Å². The minimum Gasteiger partial charge on any atom is -0.269 e. The van der Waals surface area contributed by atoms with Gasteiger partial charge in [0.25, 0.3) is 0 Å². The second-order valence-electron chi connectivity index (χ2n) is 1.33. The molecule has 0 rings (SSSR count). The SMILES string of the molecule is C=N/C(C)=C(/C)S. The summed E-state index contributed by atoms with van der Waals surface area (Å²) in [6.45, 7) is 7.08. The summed E-state index contributed by atoms with van der Waals surface area (Å²) in [5.74, 6) is 0. The predicted octanol–water partition coefficient (Wildman–Crippen LogP) is 1.87. The fourth-order valence-corrected chi connectivity index (χ4v) is 0.185. The Morgan fingerprint density at radius 3 is 2.00 bits per heavy atom. The average Bonchev–Trinajstić information content (AvgIpc) is 1.65. The van der Waals surface area contributed by atoms with Crippen molar-refractivity contribution in [3.05, 3.63) is 10.6 Å². The highest BCUT2D eigenvalue weighted by Crippen LogP contribution is 2.05. The van der Waals surface area contributed by atoms with Crippen molar-refractivity contribution in [2.24, 2.45) is 4.99 Å². The molecule has 40 valence electrons. The highest BCUT2D eigenvalue weighted by molar-refractivity contribution is 7.84. The quantitative estimate of drug-likeness (QED) is 0.395. The number of hydrogen-bond donors (Lipinski definition) is 1. The lowest BCUT2D eigenvalue weighted by molar-refractivity contribution is 1.29. The minimum absolute atomic E-state index is 0.892. The summed E-state index contributed by atoms with van der Waals surface area (Å²) in [4.78, 5) is 4.57. The van der Waals surface area contributed by atoms with Crippen LogP contribution in [0.5, 0.6) is 0 Å². The summed E-state index contributed by atoms with van der Waals surface area (Å²) in [6.07, 6.45) is 0. The summed E-state index contributed by atoms with van der Waals surface area (Å²) in [5.41, 5.74) is 0.892. The van der Waals surface area contributed by atoms with Crippen molar-refractivity contribution in [1.82, 2.24) is 0 Å². The number of allylic oxidation sites excluding steroid dienone is 2. The molecule has 0 spiro atoms. The van der Waals surface area contributed by atoms with E-state index < -0.39 is 0 Å². The first-order chi connectivity index (χ1) is 3.18. The number of hydrogen-bond acceptors (Lipinski definition) is 2. The van der Waals surface area contributed by atoms with Crippen LogP contribution < -0.4 is 0 Å². The fourth-order valence-electron chi connectivity index (χ4n) is 0.114. The zero-order chi connectivity index (χ0) is 5.86. The van der Waals surface area contributed by atoms with Gasteiger partial charge < -0.3 is 0 Å². The van der Waals surface area contributed by atoms with Crippen LogP contribution >= 0.6 is 12.6 Å². The van der Waals surface area contributed by atoms with E-state index in [4.69, 9.17) is 0 Å². The minimum atomic E-state index is 0.892. The second kappa shape index (κ2) is 2.86. The van der Waals surface area contributed by atoms with Crippen LogP contribution in [0.3, 0.4) is 0 Å². The molecule has 0 aliphatic carbocycles. The molecule has 0 amide bonds. The lowest BCUT2D eigenvalue weighted by Crippen LogP contribution is -1.67. The summed E-state index contributed by atoms with van der Waals surface area (Å²) >= 11 is 4.02. The zero-order valence-electron chi connectivity index (χ0n) is 4.60. The van der Waals surface area contributed by atoms with Gasteiger partial charge in [-0.1, -0.05) is 0 Å². The van der Waals surface area contributed by atoms with E-state index in [1.165, 1.54) is 0 Å². The maximum atomic E-state index is 4.02. The van der Waals surface area contributed by atoms with Crippen LogP contribution in [0.2, 0.25) is 0 Å². The molecule has 0 radical (unpaired) electrons. The normalized spacial score (nSPS) is 13.0. The van der Waals surface area contributed by atoms with Gasteiger partial charge in [-0.25, -0.2) is 0 Å². The predicted molar refractivity (Wildman–Crippen MR) is 36.9 cm³/mol. The Kier molecular flexibility index (Phi) is 2.76. The third-order valence-electron chi connectivity index (χ3n) is 0.761. The van der Waals surface area contributed by atoms with Gasteiger partial charge in [0.1, 0.15) is 0 Å². The van der Waals surface area contributed by atoms with E-state index in [2.05, 4.69) is 24.3 Å². The smallest absolute Gasteiger partial charge is 0.0454 e. The van der Waals surface area contributed by atoms with E-state index in [1.807, 2.05) is 13.8 Å². The maximum absolute atomic E-state index is 4.02. The van der Waals surface area contributed by atoms with Crippen LogP contribution in [0.4, 0.5) is 0 Å². The molecule has 0 aliphatic heterocycles. The van der Waals surface area contributed by atoms with Gasteiger partial charge in [-0.2, -0.15) is 0 Å². The molecule has 0 aliphatic rings. The van der Waals surface area contributed by atoms with Gasteiger partial charge in [0.05, 0.1) is 0 Å². The molecule has 0 aromatic carbocycles. The number of aliphatic imine (C=N–C) groups is 1. The van der Waals surface area contributed by atoms with E-state index in [0.717, 1.165) is 10.6 Å². The molecule has 0 saturated carbocycles. The van der Waals surface area contributed by atoms with Crippen LogP contribution in [0.25, 0.3) is 0 Å². The van der Waals surface area contributed by atoms with Gasteiger partial charge in [-0.15, -0.1) is 12.6 Å². The molecule has 0 fully saturated rings. The van der Waals surface area contributed by atoms with Gasteiger partial charge >= 0.3 is 0 Å². The number of thiol groups is 1. The van der Waals surface area contributed by atoms with Gasteiger partial charge in [0.15, 0.2) is 0 Å². The lowest BCUT2D eigenvalue weighted by Gasteiger charge is -1.88. The van der Waals surface area contributed by atoms with Crippen LogP contribution in [0.15, 0.2) is 15.6 Å². The molecular formula is C5H9NS. The van der Waals surface area contributed by atoms with Crippen LogP contribution in [-0.2, 0) is 0 Å². The van der Waals surface area contributed by atoms with Crippen molar-refractivity contribution in [2.45, 2.75) is 13.8 Å². The van der Waals surface area contributed by atoms with Crippen molar-refractivity contribution in [1.29, 1.82) is 0 Å². The lowest BCUT2D eigenvalue weighted by atomic mass is 10.5. The molecule has 2 heteroatoms. The Balaban J connectivity index is 3.98. The van der Waals surface area contributed by atoms with Gasteiger partial charge in [-0.3, -0.25) is 4.99 Å². The summed E-state index contributed by atoms with van der Waals surface area (Å²) < 4.78 is 0. The Hall–Kier alpha value is -0.240. The highest BCUT2D eigenvalue weighted by atomic mass is 32.1. The van der Waals surface area contributed by atoms with Crippen LogP contribution in [0.1, 0.15) is 13.8 Å². The van der Waals surface area contributed by atoms with Crippen molar-refractivity contribution < 1.29 is 0 Å². The Bertz CT molecular complexity index is 101. The van der Waals surface area contributed by atoms with E-state index in [9.17, 15) is 0 Å². The maximum Gasteiger partial charge on any atom is 0.0454 e. The molecule has 0 unspecified atom stereocenters. The van der Waals surface area contributed by atoms with Crippen molar-refractivity contribution in [2.75, 3.05) is 0 Å². The first-order valence-corrected chi connectivity index (χ1v) is 2.46. The molecule has 7 heavy (non-hydrogen) atoms. The molecule has 0 bridgehead atoms. The average molecular weight is 115 g/mol. The Labute approximate surface area is 49.6 Å². The van der Waals surface area contributed by atoms with Crippen molar-refractivity contribution >= 4 is 19.3 Å². The summed E-state index contributed by atoms with van der Waals surface area (Å²) in [6, 6.07) is 0. The molecule has 0 aromatic rings. The fraction of sp³-hybridized carbons (Fsp3) is 0.400. The van der Waals surface area contributed by atoms with Gasteiger partial charge in [-0.05, 0) is 25.5 Å². The molecular weight excluding hydrogens is 106 g/mol. The molecule has 1 nitrogen and oxygen atoms in total. The topological polar surface area (TPSA) is 12.4 Å². The van der Waals surface area contributed by atoms with Crippen molar-refractivity contribution in [3.63, 3.8) is 0 Å². The van der Waals surface area contributed by atoms with Crippen molar-refractivity contribution in [3.8, 4) is 0 Å². The first kappa shape index (κ1) is 6.76. The highest BCUT2D eigenvalue weighted by Gasteiger charge is 1.81. The number of rotatable bonds is 1. The van der Waals surface area contributed by atoms with Crippen LogP contribution in [0, 0.1) is 0 Å². The Morgan fingerprint density at radius 2 is 2.00 bits per heavy atom. The molecule has 0 N–H and O–H groups in total. The summed E-state index contributed by atoms with van der Waals surface area (Å²) in [7, 11) is 0. The third-order valence-corrected chi connectivity index (χ3v) is 1.08. The van der Waals surface area contributed by atoms with E-state index >= 15 is 0 Å². The Morgan fingerprint density at radius 1 is 1.57 bits per heavy atom. The summed E-state index contributed by atoms with van der Waals surface area (Å²) in [5, 5.41) is 0. The van der Waals surface area contributed by atoms with E-state index in [-0.39, 0.29) is 0 Å². The monoisotopic (exact) mass is 115 g/mol. The molecule has 0 atom stereocenters. The molecule has 0 saturated heterocycles. The third kappa shape index (κ3) is 2.45. The first-order valence-electron chi connectivity index (χ1n) is 2.01. The second-order valence-corrected chi connectivity index (χ2v) is 2.00. The molecule has 0 heterocycles. The largest absolute Gasteiger partial charge is 0.269 e. The van der Waals surface area contributed by atoms with E-state index in [1.54, 1.807) is 0 Å².